The molecule has 0 amide bonds. The Kier molecular flexibility index (Phi) is 43.5. The van der Waals surface area contributed by atoms with E-state index in [-0.39, 0.29) is 43.5 Å². The maximum absolute atomic E-state index is 13.3. The van der Waals surface area contributed by atoms with Crippen molar-refractivity contribution in [3.63, 3.8) is 0 Å². The fourth-order valence-electron chi connectivity index (χ4n) is 8.39. The van der Waals surface area contributed by atoms with Gasteiger partial charge in [0.15, 0.2) is 0 Å². The maximum Gasteiger partial charge on any atom is 0.310 e. The van der Waals surface area contributed by atoms with E-state index in [1.807, 2.05) is 28.1 Å². The molecule has 0 rings (SSSR count). The first-order valence-corrected chi connectivity index (χ1v) is 25.8. The molecule has 0 fully saturated rings. The number of carbonyl (C=O) groups excluding carboxylic acids is 3. The second kappa shape index (κ2) is 42.9. The lowest BCUT2D eigenvalue weighted by Crippen LogP contribution is -3.00. The Hall–Kier alpha value is -1.34. The van der Waals surface area contributed by atoms with Crippen LogP contribution in [0.1, 0.15) is 272 Å². The fourth-order valence-corrected chi connectivity index (χ4v) is 8.39. The molecule has 0 radical (unpaired) electrons. The smallest absolute Gasteiger partial charge is 0.310 e. The number of unbranched alkanes of at least 4 members (excludes halogenated alkanes) is 32. The van der Waals surface area contributed by atoms with E-state index in [1.165, 1.54) is 167 Å². The van der Waals surface area contributed by atoms with Crippen LogP contribution in [0.3, 0.4) is 0 Å². The second-order valence-corrected chi connectivity index (χ2v) is 19.5. The van der Waals surface area contributed by atoms with E-state index in [9.17, 15) is 14.4 Å². The molecule has 0 bridgehead atoms. The number of quaternary nitrogens is 1. The molecule has 0 spiro atoms. The van der Waals surface area contributed by atoms with Gasteiger partial charge in [0.05, 0.1) is 21.1 Å². The van der Waals surface area contributed by atoms with Crippen molar-refractivity contribution in [1.29, 1.82) is 0 Å². The van der Waals surface area contributed by atoms with Crippen LogP contribution in [0.15, 0.2) is 0 Å². The summed E-state index contributed by atoms with van der Waals surface area (Å²) >= 11 is 0. The first-order valence-electron chi connectivity index (χ1n) is 25.8. The van der Waals surface area contributed by atoms with Gasteiger partial charge >= 0.3 is 17.9 Å². The van der Waals surface area contributed by atoms with Crippen LogP contribution >= 0.6 is 0 Å². The van der Waals surface area contributed by atoms with Crippen LogP contribution in [0.5, 0.6) is 0 Å². The molecule has 0 heterocycles. The van der Waals surface area contributed by atoms with E-state index in [1.54, 1.807) is 0 Å². The Morgan fingerprint density at radius 3 is 0.833 bits per heavy atom. The molecular weight excluding hydrogens is 770 g/mol. The Bertz CT molecular complexity index is 971. The summed E-state index contributed by atoms with van der Waals surface area (Å²) in [5, 5.41) is 0. The summed E-state index contributed by atoms with van der Waals surface area (Å²) in [5.74, 6) is -0.720. The summed E-state index contributed by atoms with van der Waals surface area (Å²) in [6.45, 7) is 8.76. The van der Waals surface area contributed by atoms with E-state index in [0.29, 0.717) is 23.7 Å². The molecule has 358 valence electrons. The van der Waals surface area contributed by atoms with Crippen LogP contribution in [0.2, 0.25) is 0 Å². The molecule has 2 atom stereocenters. The Morgan fingerprint density at radius 1 is 0.383 bits per heavy atom. The van der Waals surface area contributed by atoms with E-state index in [4.69, 9.17) is 14.2 Å². The lowest BCUT2D eigenvalue weighted by Gasteiger charge is -2.43. The number of ether oxygens (including phenoxy) is 3. The second-order valence-electron chi connectivity index (χ2n) is 19.5. The monoisotopic (exact) mass is 872 g/mol. The van der Waals surface area contributed by atoms with Crippen LogP contribution in [0, 0.1) is 5.41 Å². The van der Waals surface area contributed by atoms with Gasteiger partial charge in [0, 0.05) is 19.3 Å². The molecule has 60 heavy (non-hydrogen) atoms. The third kappa shape index (κ3) is 38.3. The number of esters is 3. The van der Waals surface area contributed by atoms with E-state index in [0.717, 1.165) is 57.8 Å². The Labute approximate surface area is 379 Å². The largest absolute Gasteiger partial charge is 1.00 e. The zero-order chi connectivity index (χ0) is 43.7. The lowest BCUT2D eigenvalue weighted by atomic mass is 9.88. The average molecular weight is 873 g/mol. The van der Waals surface area contributed by atoms with E-state index >= 15 is 0 Å². The standard InChI is InChI=1S/C52H102NO6.ClH/c1-8-11-14-17-20-23-24-25-26-27-28-29-30-33-35-38-41-44-49(55)58-47-52(4,46-57-48(54)43-40-37-34-31-21-18-15-12-9-2)51(53(5,6)7)59-50(56)45-42-39-36-32-22-19-16-13-10-3;/h51H,8-47H2,1-7H3;1H/q+1;/p-1. The topological polar surface area (TPSA) is 78.9 Å². The average Bonchev–Trinajstić information content (AvgIpc) is 3.20. The molecule has 0 N–H and O–H groups in total. The van der Waals surface area contributed by atoms with Crippen LogP contribution < -0.4 is 12.4 Å². The molecule has 0 saturated carbocycles. The maximum atomic E-state index is 13.3. The first-order chi connectivity index (χ1) is 28.5. The summed E-state index contributed by atoms with van der Waals surface area (Å²) in [4.78, 5) is 39.3. The van der Waals surface area contributed by atoms with Crippen LogP contribution in [-0.2, 0) is 28.6 Å². The van der Waals surface area contributed by atoms with Gasteiger partial charge in [-0.2, -0.15) is 0 Å². The van der Waals surface area contributed by atoms with Crippen molar-refractivity contribution in [2.75, 3.05) is 34.4 Å². The third-order valence-corrected chi connectivity index (χ3v) is 12.1. The number of nitrogens with zero attached hydrogens (tertiary/aromatic N) is 1. The molecule has 0 saturated heterocycles. The van der Waals surface area contributed by atoms with E-state index in [2.05, 4.69) is 20.8 Å². The van der Waals surface area contributed by atoms with Crippen molar-refractivity contribution in [3.8, 4) is 0 Å². The number of rotatable bonds is 45. The predicted molar refractivity (Wildman–Crippen MR) is 250 cm³/mol. The van der Waals surface area contributed by atoms with E-state index < -0.39 is 11.6 Å². The summed E-state index contributed by atoms with van der Waals surface area (Å²) in [6, 6.07) is 0. The molecule has 0 aliphatic heterocycles. The summed E-state index contributed by atoms with van der Waals surface area (Å²) in [6.07, 6.45) is 43.9. The summed E-state index contributed by atoms with van der Waals surface area (Å²) in [7, 11) is 5.95. The van der Waals surface area contributed by atoms with Crippen molar-refractivity contribution in [2.24, 2.45) is 5.41 Å². The molecule has 2 unspecified atom stereocenters. The highest BCUT2D eigenvalue weighted by molar-refractivity contribution is 5.70. The molecule has 0 aromatic heterocycles. The minimum absolute atomic E-state index is 0. The first kappa shape index (κ1) is 60.7. The molecule has 0 aromatic rings. The van der Waals surface area contributed by atoms with Crippen molar-refractivity contribution in [1.82, 2.24) is 0 Å². The molecular formula is C52H102ClNO6. The SMILES string of the molecule is CCCCCCCCCCCCCCCCCCCC(=O)OCC(C)(COC(=O)CCCCCCCCCCC)C(OC(=O)CCCCCCCCCCC)[N+](C)(C)C.[Cl-]. The summed E-state index contributed by atoms with van der Waals surface area (Å²) < 4.78 is 18.3. The van der Waals surface area contributed by atoms with Gasteiger partial charge in [0.25, 0.3) is 0 Å². The van der Waals surface area contributed by atoms with Crippen molar-refractivity contribution < 1.29 is 45.5 Å². The zero-order valence-corrected chi connectivity index (χ0v) is 41.9. The lowest BCUT2D eigenvalue weighted by molar-refractivity contribution is -0.925. The summed E-state index contributed by atoms with van der Waals surface area (Å²) in [5.41, 5.74) is -0.898. The van der Waals surface area contributed by atoms with Crippen LogP contribution in [0.25, 0.3) is 0 Å². The number of hydrogen-bond donors (Lipinski definition) is 0. The predicted octanol–water partition coefficient (Wildman–Crippen LogP) is 12.5. The molecule has 8 heteroatoms. The molecule has 0 aliphatic rings. The van der Waals surface area contributed by atoms with Crippen molar-refractivity contribution >= 4 is 17.9 Å². The Balaban J connectivity index is 0. The zero-order valence-electron chi connectivity index (χ0n) is 41.1. The third-order valence-electron chi connectivity index (χ3n) is 12.1. The van der Waals surface area contributed by atoms with Crippen LogP contribution in [-0.4, -0.2) is 63.0 Å². The quantitative estimate of drug-likeness (QED) is 0.0199. The van der Waals surface area contributed by atoms with Crippen LogP contribution in [0.4, 0.5) is 0 Å². The van der Waals surface area contributed by atoms with Gasteiger partial charge in [-0.3, -0.25) is 18.9 Å². The van der Waals surface area contributed by atoms with Gasteiger partial charge in [-0.15, -0.1) is 0 Å². The van der Waals surface area contributed by atoms with Gasteiger partial charge in [0.2, 0.25) is 6.23 Å². The van der Waals surface area contributed by atoms with Gasteiger partial charge in [-0.25, -0.2) is 0 Å². The Morgan fingerprint density at radius 2 is 0.600 bits per heavy atom. The van der Waals surface area contributed by atoms with Gasteiger partial charge in [0.1, 0.15) is 18.6 Å². The highest BCUT2D eigenvalue weighted by atomic mass is 35.5. The molecule has 7 nitrogen and oxygen atoms in total. The number of halogens is 1. The number of carbonyl (C=O) groups is 3. The molecule has 0 aliphatic carbocycles. The van der Waals surface area contributed by atoms with Crippen molar-refractivity contribution in [2.45, 2.75) is 278 Å². The van der Waals surface area contributed by atoms with Gasteiger partial charge < -0.3 is 26.6 Å². The highest BCUT2D eigenvalue weighted by Gasteiger charge is 2.48. The minimum Gasteiger partial charge on any atom is -1.00 e. The van der Waals surface area contributed by atoms with Gasteiger partial charge in [-0.05, 0) is 26.2 Å². The molecule has 0 aromatic carbocycles. The number of hydrogen-bond acceptors (Lipinski definition) is 6. The highest BCUT2D eigenvalue weighted by Crippen LogP contribution is 2.31. The van der Waals surface area contributed by atoms with Crippen molar-refractivity contribution in [3.05, 3.63) is 0 Å². The van der Waals surface area contributed by atoms with Gasteiger partial charge in [-0.1, -0.05) is 226 Å². The fraction of sp³-hybridized carbons (Fsp3) is 0.942. The minimum atomic E-state index is -0.898. The normalized spacial score (nSPS) is 13.1.